The van der Waals surface area contributed by atoms with E-state index in [9.17, 15) is 0 Å². The van der Waals surface area contributed by atoms with E-state index in [2.05, 4.69) is 29.4 Å². The Hall–Kier alpha value is -0.870. The molecule has 15 heavy (non-hydrogen) atoms. The molecule has 0 atom stereocenters. The van der Waals surface area contributed by atoms with Crippen molar-refractivity contribution >= 4 is 11.6 Å². The number of hydrogen-bond acceptors (Lipinski definition) is 4. The maximum Gasteiger partial charge on any atom is 0.233 e. The van der Waals surface area contributed by atoms with Gasteiger partial charge in [-0.1, -0.05) is 25.4 Å². The molecule has 0 amide bonds. The summed E-state index contributed by atoms with van der Waals surface area (Å²) in [7, 11) is 0. The average Bonchev–Trinajstić information content (AvgIpc) is 2.20. The Balaban J connectivity index is 2.12. The largest absolute Gasteiger partial charge is 0.477 e. The van der Waals surface area contributed by atoms with Gasteiger partial charge in [0.1, 0.15) is 0 Å². The lowest BCUT2D eigenvalue weighted by molar-refractivity contribution is 0.292. The summed E-state index contributed by atoms with van der Waals surface area (Å²) < 4.78 is 5.37. The highest BCUT2D eigenvalue weighted by atomic mass is 35.5. The highest BCUT2D eigenvalue weighted by molar-refractivity contribution is 6.29. The maximum absolute atomic E-state index is 5.59. The molecule has 0 aromatic carbocycles. The summed E-state index contributed by atoms with van der Waals surface area (Å²) >= 11 is 5.59. The Labute approximate surface area is 95.0 Å². The van der Waals surface area contributed by atoms with Crippen LogP contribution in [-0.2, 0) is 0 Å². The molecule has 0 unspecified atom stereocenters. The van der Waals surface area contributed by atoms with E-state index >= 15 is 0 Å². The number of ether oxygens (including phenoxy) is 1. The van der Waals surface area contributed by atoms with Gasteiger partial charge < -0.3 is 10.1 Å². The first-order chi connectivity index (χ1) is 7.18. The molecule has 0 saturated heterocycles. The van der Waals surface area contributed by atoms with Crippen molar-refractivity contribution in [3.05, 3.63) is 17.3 Å². The van der Waals surface area contributed by atoms with E-state index in [0.717, 1.165) is 13.0 Å². The fraction of sp³-hybridized carbons (Fsp3) is 0.600. The van der Waals surface area contributed by atoms with Crippen molar-refractivity contribution in [1.29, 1.82) is 0 Å². The molecule has 0 bridgehead atoms. The van der Waals surface area contributed by atoms with Crippen molar-refractivity contribution in [3.8, 4) is 5.88 Å². The van der Waals surface area contributed by atoms with E-state index in [1.165, 1.54) is 0 Å². The van der Waals surface area contributed by atoms with Crippen LogP contribution in [0.4, 0.5) is 0 Å². The SMILES string of the molecule is CC(C)NCCCOc1ccc(Cl)nn1. The lowest BCUT2D eigenvalue weighted by atomic mass is 10.3. The second-order valence-electron chi connectivity index (χ2n) is 3.51. The smallest absolute Gasteiger partial charge is 0.233 e. The first kappa shape index (κ1) is 12.2. The van der Waals surface area contributed by atoms with Crippen molar-refractivity contribution in [1.82, 2.24) is 15.5 Å². The monoisotopic (exact) mass is 229 g/mol. The van der Waals surface area contributed by atoms with E-state index in [1.807, 2.05) is 0 Å². The summed E-state index contributed by atoms with van der Waals surface area (Å²) in [5.74, 6) is 0.518. The quantitative estimate of drug-likeness (QED) is 0.757. The Morgan fingerprint density at radius 2 is 2.20 bits per heavy atom. The number of rotatable bonds is 6. The minimum Gasteiger partial charge on any atom is -0.477 e. The zero-order chi connectivity index (χ0) is 11.1. The minimum absolute atomic E-state index is 0.379. The lowest BCUT2D eigenvalue weighted by Gasteiger charge is -2.08. The molecule has 1 heterocycles. The van der Waals surface area contributed by atoms with Gasteiger partial charge in [0.25, 0.3) is 0 Å². The van der Waals surface area contributed by atoms with Gasteiger partial charge in [-0.15, -0.1) is 10.2 Å². The second kappa shape index (κ2) is 6.58. The van der Waals surface area contributed by atoms with Gasteiger partial charge in [-0.3, -0.25) is 0 Å². The number of halogens is 1. The molecule has 1 aromatic rings. The third kappa shape index (κ3) is 5.54. The third-order valence-electron chi connectivity index (χ3n) is 1.73. The Morgan fingerprint density at radius 1 is 1.40 bits per heavy atom. The van der Waals surface area contributed by atoms with Crippen molar-refractivity contribution < 1.29 is 4.74 Å². The van der Waals surface area contributed by atoms with Gasteiger partial charge in [-0.2, -0.15) is 0 Å². The fourth-order valence-corrected chi connectivity index (χ4v) is 1.12. The predicted molar refractivity (Wildman–Crippen MR) is 60.3 cm³/mol. The first-order valence-electron chi connectivity index (χ1n) is 5.04. The standard InChI is InChI=1S/C10H16ClN3O/c1-8(2)12-6-3-7-15-10-5-4-9(11)13-14-10/h4-5,8,12H,3,6-7H2,1-2H3. The van der Waals surface area contributed by atoms with Crippen molar-refractivity contribution in [2.24, 2.45) is 0 Å². The molecular formula is C10H16ClN3O. The van der Waals surface area contributed by atoms with Gasteiger partial charge in [-0.25, -0.2) is 0 Å². The Morgan fingerprint density at radius 3 is 2.80 bits per heavy atom. The van der Waals surface area contributed by atoms with E-state index in [1.54, 1.807) is 12.1 Å². The van der Waals surface area contributed by atoms with Crippen molar-refractivity contribution in [2.45, 2.75) is 26.3 Å². The topological polar surface area (TPSA) is 47.0 Å². The maximum atomic E-state index is 5.59. The number of nitrogens with one attached hydrogen (secondary N) is 1. The van der Waals surface area contributed by atoms with Crippen LogP contribution in [0.2, 0.25) is 5.15 Å². The number of nitrogens with zero attached hydrogens (tertiary/aromatic N) is 2. The third-order valence-corrected chi connectivity index (χ3v) is 1.93. The molecule has 4 nitrogen and oxygen atoms in total. The predicted octanol–water partition coefficient (Wildman–Crippen LogP) is 1.90. The highest BCUT2D eigenvalue weighted by Crippen LogP contribution is 2.08. The fourth-order valence-electron chi connectivity index (χ4n) is 1.02. The van der Waals surface area contributed by atoms with Crippen LogP contribution >= 0.6 is 11.6 Å². The van der Waals surface area contributed by atoms with Crippen LogP contribution in [0.3, 0.4) is 0 Å². The van der Waals surface area contributed by atoms with Crippen LogP contribution in [0.15, 0.2) is 12.1 Å². The van der Waals surface area contributed by atoms with E-state index in [4.69, 9.17) is 16.3 Å². The summed E-state index contributed by atoms with van der Waals surface area (Å²) in [6, 6.07) is 3.89. The summed E-state index contributed by atoms with van der Waals surface area (Å²) in [6.45, 7) is 5.81. The molecule has 0 radical (unpaired) electrons. The van der Waals surface area contributed by atoms with Gasteiger partial charge in [0.05, 0.1) is 6.61 Å². The lowest BCUT2D eigenvalue weighted by Crippen LogP contribution is -2.24. The zero-order valence-corrected chi connectivity index (χ0v) is 9.79. The molecule has 84 valence electrons. The number of hydrogen-bond donors (Lipinski definition) is 1. The molecule has 1 N–H and O–H groups in total. The average molecular weight is 230 g/mol. The normalized spacial score (nSPS) is 10.7. The summed E-state index contributed by atoms with van der Waals surface area (Å²) in [4.78, 5) is 0. The van der Waals surface area contributed by atoms with Gasteiger partial charge >= 0.3 is 0 Å². The Kier molecular flexibility index (Phi) is 5.36. The van der Waals surface area contributed by atoms with Gasteiger partial charge in [-0.05, 0) is 19.0 Å². The molecule has 1 aromatic heterocycles. The van der Waals surface area contributed by atoms with Crippen molar-refractivity contribution in [2.75, 3.05) is 13.2 Å². The minimum atomic E-state index is 0.379. The van der Waals surface area contributed by atoms with Crippen molar-refractivity contribution in [3.63, 3.8) is 0 Å². The van der Waals surface area contributed by atoms with E-state index < -0.39 is 0 Å². The van der Waals surface area contributed by atoms with Gasteiger partial charge in [0.15, 0.2) is 5.15 Å². The molecule has 0 aliphatic rings. The van der Waals surface area contributed by atoms with E-state index in [0.29, 0.717) is 23.7 Å². The highest BCUT2D eigenvalue weighted by Gasteiger charge is 1.97. The molecule has 0 fully saturated rings. The van der Waals surface area contributed by atoms with Crippen LogP contribution < -0.4 is 10.1 Å². The molecule has 0 aliphatic carbocycles. The molecule has 0 saturated carbocycles. The summed E-state index contributed by atoms with van der Waals surface area (Å²) in [6.07, 6.45) is 0.947. The summed E-state index contributed by atoms with van der Waals surface area (Å²) in [5, 5.41) is 11.1. The van der Waals surface area contributed by atoms with Crippen LogP contribution in [0, 0.1) is 0 Å². The van der Waals surface area contributed by atoms with Crippen LogP contribution in [0.25, 0.3) is 0 Å². The zero-order valence-electron chi connectivity index (χ0n) is 9.03. The van der Waals surface area contributed by atoms with Crippen LogP contribution in [0.5, 0.6) is 5.88 Å². The molecule has 0 aliphatic heterocycles. The molecular weight excluding hydrogens is 214 g/mol. The van der Waals surface area contributed by atoms with Crippen LogP contribution in [0.1, 0.15) is 20.3 Å². The summed E-state index contributed by atoms with van der Waals surface area (Å²) in [5.41, 5.74) is 0. The number of aromatic nitrogens is 2. The second-order valence-corrected chi connectivity index (χ2v) is 3.89. The van der Waals surface area contributed by atoms with Gasteiger partial charge in [0.2, 0.25) is 5.88 Å². The molecule has 0 spiro atoms. The van der Waals surface area contributed by atoms with E-state index in [-0.39, 0.29) is 0 Å². The molecule has 1 rings (SSSR count). The Bertz CT molecular complexity index is 277. The molecule has 5 heteroatoms. The van der Waals surface area contributed by atoms with Crippen LogP contribution in [-0.4, -0.2) is 29.4 Å². The first-order valence-corrected chi connectivity index (χ1v) is 5.41. The van der Waals surface area contributed by atoms with Gasteiger partial charge in [0, 0.05) is 12.1 Å².